The van der Waals surface area contributed by atoms with Gasteiger partial charge in [0.25, 0.3) is 0 Å². The summed E-state index contributed by atoms with van der Waals surface area (Å²) in [5, 5.41) is 14.2. The van der Waals surface area contributed by atoms with Gasteiger partial charge in [-0.2, -0.15) is 0 Å². The van der Waals surface area contributed by atoms with Gasteiger partial charge in [0, 0.05) is 23.6 Å². The Kier molecular flexibility index (Phi) is 7.72. The van der Waals surface area contributed by atoms with Crippen LogP contribution >= 0.6 is 11.8 Å². The van der Waals surface area contributed by atoms with Crippen LogP contribution < -0.4 is 14.8 Å². The number of nitrogens with one attached hydrogen (secondary N) is 1. The Morgan fingerprint density at radius 3 is 2.58 bits per heavy atom. The topological polar surface area (TPSA) is 71.0 Å². The summed E-state index contributed by atoms with van der Waals surface area (Å²) in [4.78, 5) is 16.2. The summed E-state index contributed by atoms with van der Waals surface area (Å²) >= 11 is 1.66. The molecule has 2 heterocycles. The van der Waals surface area contributed by atoms with Crippen LogP contribution in [0.5, 0.6) is 11.5 Å². The number of amides is 1. The predicted molar refractivity (Wildman–Crippen MR) is 122 cm³/mol. The van der Waals surface area contributed by atoms with Gasteiger partial charge >= 0.3 is 0 Å². The number of benzene rings is 2. The highest BCUT2D eigenvalue weighted by atomic mass is 32.2. The smallest absolute Gasteiger partial charge is 0.221 e. The molecule has 2 aliphatic heterocycles. The van der Waals surface area contributed by atoms with Crippen molar-refractivity contribution in [2.24, 2.45) is 0 Å². The normalized spacial score (nSPS) is 17.8. The molecule has 0 saturated carbocycles. The molecule has 6 nitrogen and oxygen atoms in total. The largest absolute Gasteiger partial charge is 0.486 e. The lowest BCUT2D eigenvalue weighted by atomic mass is 10.0. The third-order valence-electron chi connectivity index (χ3n) is 5.63. The van der Waals surface area contributed by atoms with Crippen LogP contribution in [0.25, 0.3) is 0 Å². The first-order chi connectivity index (χ1) is 15.2. The first-order valence-corrected chi connectivity index (χ1v) is 11.9. The van der Waals surface area contributed by atoms with E-state index in [0.717, 1.165) is 36.4 Å². The van der Waals surface area contributed by atoms with E-state index in [1.807, 2.05) is 48.5 Å². The van der Waals surface area contributed by atoms with Crippen molar-refractivity contribution in [3.63, 3.8) is 0 Å². The van der Waals surface area contributed by atoms with Crippen molar-refractivity contribution in [3.8, 4) is 11.5 Å². The van der Waals surface area contributed by atoms with Crippen molar-refractivity contribution in [3.05, 3.63) is 54.1 Å². The highest BCUT2D eigenvalue weighted by molar-refractivity contribution is 7.99. The molecule has 2 aliphatic rings. The van der Waals surface area contributed by atoms with Crippen molar-refractivity contribution in [1.29, 1.82) is 0 Å². The maximum absolute atomic E-state index is 12.7. The minimum atomic E-state index is -0.817. The number of hydrogen-bond donors (Lipinski definition) is 2. The third kappa shape index (κ3) is 6.15. The summed E-state index contributed by atoms with van der Waals surface area (Å²) in [5.74, 6) is 2.00. The molecule has 166 valence electrons. The van der Waals surface area contributed by atoms with E-state index in [1.54, 1.807) is 11.8 Å². The van der Waals surface area contributed by atoms with Crippen LogP contribution in [0.3, 0.4) is 0 Å². The minimum Gasteiger partial charge on any atom is -0.486 e. The highest BCUT2D eigenvalue weighted by Crippen LogP contribution is 2.33. The Morgan fingerprint density at radius 2 is 1.81 bits per heavy atom. The fraction of sp³-hybridized carbons (Fsp3) is 0.458. The molecule has 1 amide bonds. The Balaban J connectivity index is 1.39. The first-order valence-electron chi connectivity index (χ1n) is 11.0. The van der Waals surface area contributed by atoms with E-state index >= 15 is 0 Å². The van der Waals surface area contributed by atoms with Gasteiger partial charge in [0.2, 0.25) is 5.91 Å². The molecule has 31 heavy (non-hydrogen) atoms. The van der Waals surface area contributed by atoms with Crippen molar-refractivity contribution < 1.29 is 19.4 Å². The van der Waals surface area contributed by atoms with Gasteiger partial charge in [-0.3, -0.25) is 4.79 Å². The van der Waals surface area contributed by atoms with Crippen molar-refractivity contribution in [2.45, 2.75) is 36.3 Å². The van der Waals surface area contributed by atoms with Crippen LogP contribution in [0, 0.1) is 0 Å². The molecule has 0 aliphatic carbocycles. The quantitative estimate of drug-likeness (QED) is 0.581. The molecular formula is C24H30N2O4S. The van der Waals surface area contributed by atoms with Crippen molar-refractivity contribution >= 4 is 17.7 Å². The zero-order valence-electron chi connectivity index (χ0n) is 17.7. The van der Waals surface area contributed by atoms with Gasteiger partial charge in [0.05, 0.1) is 6.04 Å². The monoisotopic (exact) mass is 442 g/mol. The average Bonchev–Trinajstić information content (AvgIpc) is 3.32. The first kappa shape index (κ1) is 22.0. The number of hydrogen-bond acceptors (Lipinski definition) is 6. The molecule has 7 heteroatoms. The van der Waals surface area contributed by atoms with Gasteiger partial charge in [0.1, 0.15) is 19.3 Å². The zero-order valence-corrected chi connectivity index (χ0v) is 18.5. The maximum atomic E-state index is 12.7. The summed E-state index contributed by atoms with van der Waals surface area (Å²) in [6, 6.07) is 15.2. The molecule has 0 aromatic heterocycles. The fourth-order valence-electron chi connectivity index (χ4n) is 4.00. The van der Waals surface area contributed by atoms with E-state index in [2.05, 4.69) is 10.2 Å². The molecule has 2 atom stereocenters. The number of nitrogens with zero attached hydrogens (tertiary/aromatic N) is 1. The highest BCUT2D eigenvalue weighted by Gasteiger charge is 2.27. The molecule has 2 aromatic rings. The van der Waals surface area contributed by atoms with Crippen LogP contribution in [-0.2, 0) is 4.79 Å². The van der Waals surface area contributed by atoms with Crippen molar-refractivity contribution in [1.82, 2.24) is 10.2 Å². The van der Waals surface area contributed by atoms with Crippen LogP contribution in [-0.4, -0.2) is 60.6 Å². The summed E-state index contributed by atoms with van der Waals surface area (Å²) in [6.07, 6.45) is 1.91. The van der Waals surface area contributed by atoms with E-state index < -0.39 is 6.10 Å². The molecule has 0 bridgehead atoms. The summed E-state index contributed by atoms with van der Waals surface area (Å²) < 4.78 is 11.3. The van der Waals surface area contributed by atoms with Gasteiger partial charge in [-0.05, 0) is 55.8 Å². The van der Waals surface area contributed by atoms with Crippen LogP contribution in [0.4, 0.5) is 0 Å². The summed E-state index contributed by atoms with van der Waals surface area (Å²) in [6.45, 7) is 3.67. The Hall–Kier alpha value is -2.22. The van der Waals surface area contributed by atoms with E-state index in [4.69, 9.17) is 9.47 Å². The predicted octanol–water partition coefficient (Wildman–Crippen LogP) is 3.25. The number of carbonyl (C=O) groups excluding carboxylic acids is 1. The molecular weight excluding hydrogens is 412 g/mol. The average molecular weight is 443 g/mol. The lowest BCUT2D eigenvalue weighted by Crippen LogP contribution is -2.46. The number of aliphatic hydroxyl groups is 1. The third-order valence-corrected chi connectivity index (χ3v) is 6.64. The molecule has 0 spiro atoms. The van der Waals surface area contributed by atoms with Crippen molar-refractivity contribution in [2.75, 3.05) is 38.6 Å². The second kappa shape index (κ2) is 10.9. The standard InChI is InChI=1S/C24H30N2O4S/c27-23(10-15-31-19-6-2-1-3-7-19)25-20(17-26-11-4-5-12-26)24(28)18-8-9-21-22(16-18)30-14-13-29-21/h1-3,6-9,16,20,24,28H,4-5,10-15,17H2,(H,25,27)/t20-,24-/m1/s1. The Labute approximate surface area is 187 Å². The second-order valence-electron chi connectivity index (χ2n) is 7.94. The molecule has 0 unspecified atom stereocenters. The summed E-state index contributed by atoms with van der Waals surface area (Å²) in [5.41, 5.74) is 0.729. The number of likely N-dealkylation sites (tertiary alicyclic amines) is 1. The number of rotatable bonds is 9. The number of carbonyl (C=O) groups is 1. The van der Waals surface area contributed by atoms with Gasteiger partial charge in [0.15, 0.2) is 11.5 Å². The molecule has 2 N–H and O–H groups in total. The van der Waals surface area contributed by atoms with Crippen LogP contribution in [0.2, 0.25) is 0 Å². The second-order valence-corrected chi connectivity index (χ2v) is 9.11. The van der Waals surface area contributed by atoms with E-state index in [1.165, 1.54) is 0 Å². The van der Waals surface area contributed by atoms with Gasteiger partial charge in [-0.1, -0.05) is 24.3 Å². The maximum Gasteiger partial charge on any atom is 0.221 e. The number of fused-ring (bicyclic) bond motifs is 1. The molecule has 0 radical (unpaired) electrons. The molecule has 1 fully saturated rings. The number of thioether (sulfide) groups is 1. The molecule has 4 rings (SSSR count). The molecule has 1 saturated heterocycles. The van der Waals surface area contributed by atoms with Gasteiger partial charge < -0.3 is 24.8 Å². The van der Waals surface area contributed by atoms with E-state index in [0.29, 0.717) is 43.4 Å². The number of aliphatic hydroxyl groups excluding tert-OH is 1. The van der Waals surface area contributed by atoms with Gasteiger partial charge in [-0.25, -0.2) is 0 Å². The van der Waals surface area contributed by atoms with E-state index in [9.17, 15) is 9.90 Å². The Bertz CT molecular complexity index is 858. The van der Waals surface area contributed by atoms with Crippen LogP contribution in [0.15, 0.2) is 53.4 Å². The number of ether oxygens (including phenoxy) is 2. The molecule has 2 aromatic carbocycles. The van der Waals surface area contributed by atoms with E-state index in [-0.39, 0.29) is 11.9 Å². The SMILES string of the molecule is O=C(CCSc1ccccc1)N[C@H](CN1CCCC1)[C@H](O)c1ccc2c(c1)OCCO2. The van der Waals surface area contributed by atoms with Crippen LogP contribution in [0.1, 0.15) is 30.9 Å². The summed E-state index contributed by atoms with van der Waals surface area (Å²) in [7, 11) is 0. The zero-order chi connectivity index (χ0) is 21.5. The minimum absolute atomic E-state index is 0.0378. The lowest BCUT2D eigenvalue weighted by Gasteiger charge is -2.29. The lowest BCUT2D eigenvalue weighted by molar-refractivity contribution is -0.122. The fourth-order valence-corrected chi connectivity index (χ4v) is 4.87. The Morgan fingerprint density at radius 1 is 1.06 bits per heavy atom. The van der Waals surface area contributed by atoms with Gasteiger partial charge in [-0.15, -0.1) is 11.8 Å².